The zero-order valence-electron chi connectivity index (χ0n) is 12.1. The van der Waals surface area contributed by atoms with Gasteiger partial charge in [0, 0.05) is 19.3 Å². The number of benzene rings is 1. The maximum absolute atomic E-state index is 11.9. The summed E-state index contributed by atoms with van der Waals surface area (Å²) in [5, 5.41) is 5.19. The third kappa shape index (κ3) is 6.73. The molecule has 0 bridgehead atoms. The fourth-order valence-electron chi connectivity index (χ4n) is 1.75. The Morgan fingerprint density at radius 3 is 2.52 bits per heavy atom. The number of nitrogens with two attached hydrogens (primary N) is 2. The Hall–Kier alpha value is -2.12. The average Bonchev–Trinajstić information content (AvgIpc) is 2.45. The monoisotopic (exact) mass is 294 g/mol. The fourth-order valence-corrected chi connectivity index (χ4v) is 1.75. The minimum Gasteiger partial charge on any atom is -0.380 e. The molecule has 0 aromatic heterocycles. The first-order valence-electron chi connectivity index (χ1n) is 6.70. The molecule has 0 saturated carbocycles. The largest absolute Gasteiger partial charge is 0.380 e. The minimum absolute atomic E-state index is 0.256. The Labute approximate surface area is 124 Å². The highest BCUT2D eigenvalue weighted by Crippen LogP contribution is 2.11. The number of nitrogens with one attached hydrogen (secondary N) is 2. The lowest BCUT2D eigenvalue weighted by Crippen LogP contribution is -2.37. The van der Waals surface area contributed by atoms with Crippen molar-refractivity contribution in [1.82, 2.24) is 5.32 Å². The van der Waals surface area contributed by atoms with Gasteiger partial charge in [0.1, 0.15) is 0 Å². The van der Waals surface area contributed by atoms with Crippen LogP contribution in [-0.2, 0) is 16.1 Å². The summed E-state index contributed by atoms with van der Waals surface area (Å²) in [6.45, 7) is 0.933. The number of rotatable bonds is 8. The number of ether oxygens (including phenoxy) is 1. The number of amides is 3. The third-order valence-corrected chi connectivity index (χ3v) is 2.86. The molecule has 0 aliphatic rings. The van der Waals surface area contributed by atoms with E-state index in [4.69, 9.17) is 16.2 Å². The predicted molar refractivity (Wildman–Crippen MR) is 80.6 cm³/mol. The van der Waals surface area contributed by atoms with Gasteiger partial charge in [0.15, 0.2) is 0 Å². The van der Waals surface area contributed by atoms with Gasteiger partial charge in [-0.05, 0) is 30.5 Å². The zero-order chi connectivity index (χ0) is 15.7. The van der Waals surface area contributed by atoms with Crippen LogP contribution in [0, 0.1) is 0 Å². The molecule has 0 fully saturated rings. The molecule has 1 rings (SSSR count). The summed E-state index contributed by atoms with van der Waals surface area (Å²) in [7, 11) is 1.63. The number of urea groups is 1. The molecule has 7 nitrogen and oxygen atoms in total. The molecule has 1 atom stereocenters. The Balaban J connectivity index is 2.35. The van der Waals surface area contributed by atoms with Crippen LogP contribution in [-0.4, -0.2) is 31.6 Å². The van der Waals surface area contributed by atoms with Gasteiger partial charge in [0.2, 0.25) is 5.91 Å². The SMILES string of the molecule is COCc1ccc(NC(=O)C(N)CCCNC(N)=O)cc1. The van der Waals surface area contributed by atoms with E-state index in [0.717, 1.165) is 5.56 Å². The Morgan fingerprint density at radius 1 is 1.29 bits per heavy atom. The van der Waals surface area contributed by atoms with Gasteiger partial charge in [-0.25, -0.2) is 4.79 Å². The average molecular weight is 294 g/mol. The lowest BCUT2D eigenvalue weighted by atomic mass is 10.1. The molecular weight excluding hydrogens is 272 g/mol. The van der Waals surface area contributed by atoms with Crippen molar-refractivity contribution in [3.8, 4) is 0 Å². The summed E-state index contributed by atoms with van der Waals surface area (Å²) >= 11 is 0. The number of carbonyl (C=O) groups excluding carboxylic acids is 2. The number of hydrogen-bond donors (Lipinski definition) is 4. The van der Waals surface area contributed by atoms with Gasteiger partial charge < -0.3 is 26.8 Å². The van der Waals surface area contributed by atoms with Gasteiger partial charge in [0.25, 0.3) is 0 Å². The van der Waals surface area contributed by atoms with E-state index in [9.17, 15) is 9.59 Å². The van der Waals surface area contributed by atoms with Crippen molar-refractivity contribution >= 4 is 17.6 Å². The molecule has 21 heavy (non-hydrogen) atoms. The molecule has 0 saturated heterocycles. The molecule has 3 amide bonds. The molecule has 0 aliphatic carbocycles. The van der Waals surface area contributed by atoms with Gasteiger partial charge in [-0.15, -0.1) is 0 Å². The molecule has 0 heterocycles. The fraction of sp³-hybridized carbons (Fsp3) is 0.429. The van der Waals surface area contributed by atoms with E-state index in [-0.39, 0.29) is 5.91 Å². The van der Waals surface area contributed by atoms with E-state index in [1.807, 2.05) is 12.1 Å². The predicted octanol–water partition coefficient (Wildman–Crippen LogP) is 0.547. The van der Waals surface area contributed by atoms with E-state index >= 15 is 0 Å². The maximum atomic E-state index is 11.9. The van der Waals surface area contributed by atoms with Crippen LogP contribution >= 0.6 is 0 Å². The van der Waals surface area contributed by atoms with E-state index in [1.54, 1.807) is 19.2 Å². The van der Waals surface area contributed by atoms with E-state index < -0.39 is 12.1 Å². The van der Waals surface area contributed by atoms with Crippen LogP contribution < -0.4 is 22.1 Å². The Bertz CT molecular complexity index is 462. The number of carbonyl (C=O) groups is 2. The van der Waals surface area contributed by atoms with E-state index in [0.29, 0.717) is 31.7 Å². The first kappa shape index (κ1) is 16.9. The second-order valence-corrected chi connectivity index (χ2v) is 4.66. The molecule has 7 heteroatoms. The summed E-state index contributed by atoms with van der Waals surface area (Å²) < 4.78 is 5.01. The number of hydrogen-bond acceptors (Lipinski definition) is 4. The van der Waals surface area contributed by atoms with Crippen molar-refractivity contribution in [2.75, 3.05) is 19.0 Å². The van der Waals surface area contributed by atoms with Crippen LogP contribution in [0.1, 0.15) is 18.4 Å². The van der Waals surface area contributed by atoms with Crippen LogP contribution in [0.15, 0.2) is 24.3 Å². The molecule has 0 radical (unpaired) electrons. The lowest BCUT2D eigenvalue weighted by Gasteiger charge is -2.12. The maximum Gasteiger partial charge on any atom is 0.312 e. The lowest BCUT2D eigenvalue weighted by molar-refractivity contribution is -0.117. The standard InChI is InChI=1S/C14H22N4O3/c1-21-9-10-4-6-11(7-5-10)18-13(19)12(15)3-2-8-17-14(16)20/h4-7,12H,2-3,8-9,15H2,1H3,(H,18,19)(H3,16,17,20). The third-order valence-electron chi connectivity index (χ3n) is 2.86. The molecule has 0 aliphatic heterocycles. The molecule has 1 aromatic carbocycles. The molecule has 116 valence electrons. The Morgan fingerprint density at radius 2 is 1.95 bits per heavy atom. The van der Waals surface area contributed by atoms with Crippen molar-refractivity contribution in [3.05, 3.63) is 29.8 Å². The normalized spacial score (nSPS) is 11.7. The van der Waals surface area contributed by atoms with Crippen molar-refractivity contribution < 1.29 is 14.3 Å². The second-order valence-electron chi connectivity index (χ2n) is 4.66. The van der Waals surface area contributed by atoms with Crippen LogP contribution in [0.25, 0.3) is 0 Å². The molecular formula is C14H22N4O3. The molecule has 1 unspecified atom stereocenters. The quantitative estimate of drug-likeness (QED) is 0.523. The van der Waals surface area contributed by atoms with E-state index in [1.165, 1.54) is 0 Å². The van der Waals surface area contributed by atoms with Crippen molar-refractivity contribution in [2.24, 2.45) is 11.5 Å². The highest BCUT2D eigenvalue weighted by Gasteiger charge is 2.13. The van der Waals surface area contributed by atoms with Crippen LogP contribution in [0.4, 0.5) is 10.5 Å². The van der Waals surface area contributed by atoms with Crippen LogP contribution in [0.2, 0.25) is 0 Å². The first-order chi connectivity index (χ1) is 10.0. The Kier molecular flexibility index (Phi) is 7.20. The topological polar surface area (TPSA) is 119 Å². The molecule has 0 spiro atoms. The summed E-state index contributed by atoms with van der Waals surface area (Å²) in [5.74, 6) is -0.256. The summed E-state index contributed by atoms with van der Waals surface area (Å²) in [6, 6.07) is 6.15. The van der Waals surface area contributed by atoms with Gasteiger partial charge in [-0.2, -0.15) is 0 Å². The van der Waals surface area contributed by atoms with Gasteiger partial charge in [0.05, 0.1) is 12.6 Å². The summed E-state index contributed by atoms with van der Waals surface area (Å²) in [6.07, 6.45) is 1.05. The minimum atomic E-state index is -0.627. The smallest absolute Gasteiger partial charge is 0.312 e. The zero-order valence-corrected chi connectivity index (χ0v) is 12.1. The van der Waals surface area contributed by atoms with Crippen LogP contribution in [0.3, 0.4) is 0 Å². The molecule has 6 N–H and O–H groups in total. The van der Waals surface area contributed by atoms with Gasteiger partial charge in [-0.1, -0.05) is 12.1 Å². The van der Waals surface area contributed by atoms with Crippen molar-refractivity contribution in [3.63, 3.8) is 0 Å². The van der Waals surface area contributed by atoms with Gasteiger partial charge >= 0.3 is 6.03 Å². The highest BCUT2D eigenvalue weighted by atomic mass is 16.5. The second kappa shape index (κ2) is 8.93. The summed E-state index contributed by atoms with van der Waals surface area (Å²) in [5.41, 5.74) is 12.4. The van der Waals surface area contributed by atoms with Crippen LogP contribution in [0.5, 0.6) is 0 Å². The van der Waals surface area contributed by atoms with Crippen molar-refractivity contribution in [2.45, 2.75) is 25.5 Å². The van der Waals surface area contributed by atoms with Gasteiger partial charge in [-0.3, -0.25) is 4.79 Å². The highest BCUT2D eigenvalue weighted by molar-refractivity contribution is 5.94. The van der Waals surface area contributed by atoms with E-state index in [2.05, 4.69) is 10.6 Å². The number of anilines is 1. The number of primary amides is 1. The molecule has 1 aromatic rings. The summed E-state index contributed by atoms with van der Waals surface area (Å²) in [4.78, 5) is 22.4. The van der Waals surface area contributed by atoms with Crippen molar-refractivity contribution in [1.29, 1.82) is 0 Å². The number of methoxy groups -OCH3 is 1. The first-order valence-corrected chi connectivity index (χ1v) is 6.70.